The summed E-state index contributed by atoms with van der Waals surface area (Å²) in [6, 6.07) is 0. The standard InChI is InChI=1S/C21H28O4/c1-14(8-10-17(20(24)25)16(3)13-19(22)23)9-11-18-15(2)7-6-12-21(18,4)5/h8-11,13H,6-7,12H2,1-5H3,(H,22,23)(H,24,25). The lowest BCUT2D eigenvalue weighted by Crippen LogP contribution is -2.19. The lowest BCUT2D eigenvalue weighted by molar-refractivity contribution is -0.132. The van der Waals surface area contributed by atoms with Gasteiger partial charge in [0, 0.05) is 6.08 Å². The van der Waals surface area contributed by atoms with Crippen molar-refractivity contribution in [3.63, 3.8) is 0 Å². The molecular weight excluding hydrogens is 316 g/mol. The van der Waals surface area contributed by atoms with Gasteiger partial charge in [-0.15, -0.1) is 0 Å². The van der Waals surface area contributed by atoms with E-state index in [0.29, 0.717) is 0 Å². The Labute approximate surface area is 149 Å². The van der Waals surface area contributed by atoms with Crippen LogP contribution in [0.3, 0.4) is 0 Å². The summed E-state index contributed by atoms with van der Waals surface area (Å²) in [5.74, 6) is -2.30. The van der Waals surface area contributed by atoms with Gasteiger partial charge in [0.15, 0.2) is 0 Å². The number of hydrogen-bond donors (Lipinski definition) is 2. The van der Waals surface area contributed by atoms with E-state index in [2.05, 4.69) is 26.8 Å². The molecule has 4 heteroatoms. The minimum atomic E-state index is -1.16. The molecule has 25 heavy (non-hydrogen) atoms. The summed E-state index contributed by atoms with van der Waals surface area (Å²) in [7, 11) is 0. The van der Waals surface area contributed by atoms with E-state index < -0.39 is 11.9 Å². The topological polar surface area (TPSA) is 74.6 Å². The third-order valence-corrected chi connectivity index (χ3v) is 4.56. The van der Waals surface area contributed by atoms with Crippen LogP contribution in [0.5, 0.6) is 0 Å². The predicted octanol–water partition coefficient (Wildman–Crippen LogP) is 5.06. The number of carboxylic acids is 2. The van der Waals surface area contributed by atoms with Gasteiger partial charge in [-0.2, -0.15) is 0 Å². The summed E-state index contributed by atoms with van der Waals surface area (Å²) in [4.78, 5) is 22.0. The summed E-state index contributed by atoms with van der Waals surface area (Å²) < 4.78 is 0. The third-order valence-electron chi connectivity index (χ3n) is 4.56. The van der Waals surface area contributed by atoms with Crippen LogP contribution in [0.2, 0.25) is 0 Å². The zero-order chi connectivity index (χ0) is 19.2. The van der Waals surface area contributed by atoms with Crippen molar-refractivity contribution in [3.05, 3.63) is 58.2 Å². The van der Waals surface area contributed by atoms with Crippen molar-refractivity contribution >= 4 is 11.9 Å². The Balaban J connectivity index is 3.07. The Bertz CT molecular complexity index is 697. The maximum absolute atomic E-state index is 11.3. The molecule has 136 valence electrons. The molecule has 2 N–H and O–H groups in total. The Hall–Kier alpha value is -2.36. The molecule has 0 saturated heterocycles. The molecule has 0 saturated carbocycles. The second-order valence-electron chi connectivity index (χ2n) is 7.23. The van der Waals surface area contributed by atoms with Crippen LogP contribution in [0.1, 0.15) is 53.9 Å². The minimum absolute atomic E-state index is 0.0245. The number of carbonyl (C=O) groups is 2. The van der Waals surface area contributed by atoms with Gasteiger partial charge in [-0.25, -0.2) is 9.59 Å². The Morgan fingerprint density at radius 3 is 2.28 bits per heavy atom. The van der Waals surface area contributed by atoms with Gasteiger partial charge in [0.25, 0.3) is 0 Å². The van der Waals surface area contributed by atoms with Crippen LogP contribution in [0, 0.1) is 5.41 Å². The maximum Gasteiger partial charge on any atom is 0.335 e. The summed E-state index contributed by atoms with van der Waals surface area (Å²) in [6.07, 6.45) is 11.6. The molecular formula is C21H28O4. The highest BCUT2D eigenvalue weighted by molar-refractivity contribution is 5.94. The number of hydrogen-bond acceptors (Lipinski definition) is 2. The van der Waals surface area contributed by atoms with Gasteiger partial charge < -0.3 is 10.2 Å². The van der Waals surface area contributed by atoms with E-state index >= 15 is 0 Å². The monoisotopic (exact) mass is 344 g/mol. The predicted molar refractivity (Wildman–Crippen MR) is 100 cm³/mol. The van der Waals surface area contributed by atoms with Crippen LogP contribution in [0.15, 0.2) is 58.2 Å². The molecule has 0 amide bonds. The molecule has 0 aromatic carbocycles. The molecule has 0 aromatic heterocycles. The van der Waals surface area contributed by atoms with Crippen molar-refractivity contribution in [2.45, 2.75) is 53.9 Å². The Morgan fingerprint density at radius 1 is 1.12 bits per heavy atom. The van der Waals surface area contributed by atoms with Gasteiger partial charge in [0.05, 0.1) is 5.57 Å². The van der Waals surface area contributed by atoms with Crippen molar-refractivity contribution in [2.75, 3.05) is 0 Å². The first-order chi connectivity index (χ1) is 11.5. The highest BCUT2D eigenvalue weighted by atomic mass is 16.4. The van der Waals surface area contributed by atoms with Crippen LogP contribution in [0.4, 0.5) is 0 Å². The fourth-order valence-electron chi connectivity index (χ4n) is 3.13. The zero-order valence-corrected chi connectivity index (χ0v) is 15.7. The van der Waals surface area contributed by atoms with E-state index in [9.17, 15) is 14.7 Å². The molecule has 0 aliphatic heterocycles. The van der Waals surface area contributed by atoms with E-state index in [1.165, 1.54) is 30.6 Å². The molecule has 1 rings (SSSR count). The van der Waals surface area contributed by atoms with Crippen LogP contribution < -0.4 is 0 Å². The van der Waals surface area contributed by atoms with E-state index in [1.54, 1.807) is 6.08 Å². The molecule has 0 fully saturated rings. The van der Waals surface area contributed by atoms with Crippen molar-refractivity contribution in [3.8, 4) is 0 Å². The molecule has 0 aromatic rings. The average Bonchev–Trinajstić information content (AvgIpc) is 2.44. The number of carboxylic acid groups (broad SMARTS) is 2. The van der Waals surface area contributed by atoms with Crippen molar-refractivity contribution in [1.82, 2.24) is 0 Å². The second kappa shape index (κ2) is 8.65. The molecule has 0 atom stereocenters. The zero-order valence-electron chi connectivity index (χ0n) is 15.7. The smallest absolute Gasteiger partial charge is 0.335 e. The molecule has 0 spiro atoms. The van der Waals surface area contributed by atoms with Gasteiger partial charge in [-0.1, -0.05) is 43.2 Å². The lowest BCUT2D eigenvalue weighted by atomic mass is 9.72. The first kappa shape index (κ1) is 20.7. The minimum Gasteiger partial charge on any atom is -0.478 e. The van der Waals surface area contributed by atoms with E-state index in [1.807, 2.05) is 13.0 Å². The molecule has 4 nitrogen and oxygen atoms in total. The molecule has 0 radical (unpaired) electrons. The summed E-state index contributed by atoms with van der Waals surface area (Å²) in [6.45, 7) is 10.0. The van der Waals surface area contributed by atoms with Crippen LogP contribution in [0.25, 0.3) is 0 Å². The molecule has 0 unspecified atom stereocenters. The third kappa shape index (κ3) is 6.22. The first-order valence-electron chi connectivity index (χ1n) is 8.46. The van der Waals surface area contributed by atoms with Gasteiger partial charge in [-0.05, 0) is 62.7 Å². The number of rotatable bonds is 6. The van der Waals surface area contributed by atoms with Gasteiger partial charge in [0.1, 0.15) is 0 Å². The Kier molecular flexibility index (Phi) is 7.16. The maximum atomic E-state index is 11.3. The van der Waals surface area contributed by atoms with E-state index in [-0.39, 0.29) is 16.6 Å². The molecule has 1 aliphatic carbocycles. The highest BCUT2D eigenvalue weighted by Gasteiger charge is 2.26. The van der Waals surface area contributed by atoms with Crippen LogP contribution >= 0.6 is 0 Å². The SMILES string of the molecule is CC(C=CC1=C(C)CCCC1(C)C)=CC=C(C(=O)O)C(C)=CC(=O)O. The molecule has 1 aliphatic rings. The average molecular weight is 344 g/mol. The first-order valence-corrected chi connectivity index (χ1v) is 8.46. The fourth-order valence-corrected chi connectivity index (χ4v) is 3.13. The van der Waals surface area contributed by atoms with Crippen LogP contribution in [-0.2, 0) is 9.59 Å². The number of allylic oxidation sites excluding steroid dienone is 7. The van der Waals surface area contributed by atoms with Gasteiger partial charge in [-0.3, -0.25) is 0 Å². The molecule has 0 bridgehead atoms. The number of aliphatic carboxylic acids is 2. The van der Waals surface area contributed by atoms with Crippen LogP contribution in [-0.4, -0.2) is 22.2 Å². The highest BCUT2D eigenvalue weighted by Crippen LogP contribution is 2.40. The summed E-state index contributed by atoms with van der Waals surface area (Å²) in [5, 5.41) is 18.0. The molecule has 0 heterocycles. The largest absolute Gasteiger partial charge is 0.478 e. The normalized spacial score (nSPS) is 19.5. The van der Waals surface area contributed by atoms with Gasteiger partial charge in [0.2, 0.25) is 0 Å². The van der Waals surface area contributed by atoms with E-state index in [0.717, 1.165) is 24.5 Å². The lowest BCUT2D eigenvalue weighted by Gasteiger charge is -2.32. The van der Waals surface area contributed by atoms with Crippen molar-refractivity contribution < 1.29 is 19.8 Å². The fraction of sp³-hybridized carbons (Fsp3) is 0.429. The quantitative estimate of drug-likeness (QED) is 0.522. The summed E-state index contributed by atoms with van der Waals surface area (Å²) in [5.41, 5.74) is 3.99. The Morgan fingerprint density at radius 2 is 1.76 bits per heavy atom. The second-order valence-corrected chi connectivity index (χ2v) is 7.23. The van der Waals surface area contributed by atoms with Gasteiger partial charge >= 0.3 is 11.9 Å². The van der Waals surface area contributed by atoms with Crippen molar-refractivity contribution in [1.29, 1.82) is 0 Å². The summed E-state index contributed by atoms with van der Waals surface area (Å²) >= 11 is 0. The van der Waals surface area contributed by atoms with E-state index in [4.69, 9.17) is 5.11 Å². The van der Waals surface area contributed by atoms with Crippen molar-refractivity contribution in [2.24, 2.45) is 5.41 Å².